The molecular weight excluding hydrogens is 396 g/mol. The Morgan fingerprint density at radius 1 is 1.00 bits per heavy atom. The third kappa shape index (κ3) is 3.03. The minimum Gasteiger partial charge on any atom is -0.493 e. The van der Waals surface area contributed by atoms with E-state index < -0.39 is 18.5 Å². The van der Waals surface area contributed by atoms with E-state index in [9.17, 15) is 15.0 Å². The Hall–Kier alpha value is -3.59. The highest BCUT2D eigenvalue weighted by Crippen LogP contribution is 2.51. The molecule has 2 heterocycles. The van der Waals surface area contributed by atoms with Gasteiger partial charge in [-0.25, -0.2) is 4.79 Å². The van der Waals surface area contributed by atoms with E-state index in [0.29, 0.717) is 45.6 Å². The van der Waals surface area contributed by atoms with E-state index in [1.165, 1.54) is 21.3 Å². The number of methoxy groups -OCH3 is 3. The van der Waals surface area contributed by atoms with Gasteiger partial charge in [0.2, 0.25) is 12.5 Å². The molecule has 2 aromatic carbocycles. The van der Waals surface area contributed by atoms with Crippen LogP contribution < -0.4 is 28.4 Å². The molecule has 4 rings (SSSR count). The summed E-state index contributed by atoms with van der Waals surface area (Å²) in [5.41, 5.74) is 0.998. The van der Waals surface area contributed by atoms with Crippen LogP contribution in [0, 0.1) is 0 Å². The number of aliphatic carboxylic acids is 1. The summed E-state index contributed by atoms with van der Waals surface area (Å²) in [7, 11) is 4.44. The maximum Gasteiger partial charge on any atom is 0.336 e. The van der Waals surface area contributed by atoms with E-state index in [4.69, 9.17) is 28.4 Å². The monoisotopic (exact) mass is 416 g/mol. The second-order valence-electron chi connectivity index (χ2n) is 6.54. The van der Waals surface area contributed by atoms with Gasteiger partial charge in [-0.2, -0.15) is 0 Å². The first-order valence-corrected chi connectivity index (χ1v) is 9.00. The number of fused-ring (bicyclic) bond motifs is 2. The number of hydrogen-bond acceptors (Lipinski definition) is 8. The molecule has 9 heteroatoms. The number of carboxylic acid groups (broad SMARTS) is 1. The van der Waals surface area contributed by atoms with Gasteiger partial charge in [0.05, 0.1) is 26.9 Å². The smallest absolute Gasteiger partial charge is 0.336 e. The Morgan fingerprint density at radius 3 is 2.17 bits per heavy atom. The summed E-state index contributed by atoms with van der Waals surface area (Å²) >= 11 is 0. The van der Waals surface area contributed by atoms with Gasteiger partial charge in [-0.15, -0.1) is 0 Å². The van der Waals surface area contributed by atoms with Crippen LogP contribution in [0.15, 0.2) is 35.6 Å². The molecule has 9 nitrogen and oxygen atoms in total. The fraction of sp³-hybridized carbons (Fsp3) is 0.286. The van der Waals surface area contributed by atoms with Crippen molar-refractivity contribution in [2.24, 2.45) is 0 Å². The minimum absolute atomic E-state index is 0.0547. The lowest BCUT2D eigenvalue weighted by Crippen LogP contribution is -2.24. The SMILES string of the molecule is COc1cc([C@H]2C(C(=O)O)=C(CO)Oc3cc4c(cc32)OCO4)cc(OC)c1OC. The number of benzene rings is 2. The Labute approximate surface area is 172 Å². The lowest BCUT2D eigenvalue weighted by atomic mass is 9.81. The Bertz CT molecular complexity index is 1020. The van der Waals surface area contributed by atoms with Gasteiger partial charge in [0.15, 0.2) is 23.0 Å². The van der Waals surface area contributed by atoms with Crippen molar-refractivity contribution >= 4 is 5.97 Å². The van der Waals surface area contributed by atoms with Crippen molar-refractivity contribution in [2.45, 2.75) is 5.92 Å². The number of aliphatic hydroxyl groups excluding tert-OH is 1. The molecule has 0 amide bonds. The van der Waals surface area contributed by atoms with E-state index in [0.717, 1.165) is 0 Å². The molecule has 2 aliphatic rings. The molecule has 0 spiro atoms. The standard InChI is InChI=1S/C21H20O9/c1-25-15-4-10(5-16(26-2)20(15)27-3)18-11-6-13-14(29-9-28-13)7-12(11)30-17(8-22)19(18)21(23)24/h4-7,18,22H,8-9H2,1-3H3,(H,23,24)/t18-/m1/s1. The van der Waals surface area contributed by atoms with Gasteiger partial charge in [0, 0.05) is 17.5 Å². The second kappa shape index (κ2) is 7.68. The van der Waals surface area contributed by atoms with Gasteiger partial charge < -0.3 is 38.6 Å². The summed E-state index contributed by atoms with van der Waals surface area (Å²) in [6, 6.07) is 6.65. The fourth-order valence-corrected chi connectivity index (χ4v) is 3.73. The molecule has 0 saturated heterocycles. The maximum absolute atomic E-state index is 12.2. The Kier molecular flexibility index (Phi) is 5.04. The molecule has 0 saturated carbocycles. The molecule has 0 fully saturated rings. The van der Waals surface area contributed by atoms with Gasteiger partial charge in [0.25, 0.3) is 0 Å². The average Bonchev–Trinajstić information content (AvgIpc) is 3.22. The predicted molar refractivity (Wildman–Crippen MR) is 103 cm³/mol. The fourth-order valence-electron chi connectivity index (χ4n) is 3.73. The summed E-state index contributed by atoms with van der Waals surface area (Å²) in [6.45, 7) is -0.532. The van der Waals surface area contributed by atoms with Gasteiger partial charge in [-0.3, -0.25) is 0 Å². The average molecular weight is 416 g/mol. The molecule has 2 aromatic rings. The van der Waals surface area contributed by atoms with E-state index in [1.54, 1.807) is 24.3 Å². The lowest BCUT2D eigenvalue weighted by Gasteiger charge is -2.29. The Balaban J connectivity index is 1.99. The van der Waals surface area contributed by atoms with Crippen molar-refractivity contribution in [3.05, 3.63) is 46.7 Å². The molecule has 1 atom stereocenters. The van der Waals surface area contributed by atoms with Crippen molar-refractivity contribution in [3.8, 4) is 34.5 Å². The van der Waals surface area contributed by atoms with Crippen LogP contribution in [0.2, 0.25) is 0 Å². The maximum atomic E-state index is 12.2. The van der Waals surface area contributed by atoms with Crippen LogP contribution in [0.3, 0.4) is 0 Å². The zero-order valence-corrected chi connectivity index (χ0v) is 16.6. The number of aliphatic hydroxyl groups is 1. The Morgan fingerprint density at radius 2 is 1.63 bits per heavy atom. The summed E-state index contributed by atoms with van der Waals surface area (Å²) in [4.78, 5) is 12.2. The number of hydrogen-bond donors (Lipinski definition) is 2. The first kappa shape index (κ1) is 19.7. The number of ether oxygens (including phenoxy) is 6. The normalized spacial score (nSPS) is 16.6. The van der Waals surface area contributed by atoms with Gasteiger partial charge in [-0.1, -0.05) is 0 Å². The van der Waals surface area contributed by atoms with Crippen molar-refractivity contribution in [1.29, 1.82) is 0 Å². The molecule has 0 aliphatic carbocycles. The number of carboxylic acids is 1. The van der Waals surface area contributed by atoms with Crippen LogP contribution in [0.1, 0.15) is 17.0 Å². The first-order chi connectivity index (χ1) is 14.5. The van der Waals surface area contributed by atoms with Crippen molar-refractivity contribution in [3.63, 3.8) is 0 Å². The van der Waals surface area contributed by atoms with Crippen LogP contribution in [-0.4, -0.2) is 50.9 Å². The molecule has 158 valence electrons. The summed E-state index contributed by atoms with van der Waals surface area (Å²) in [5.74, 6) is 0.370. The van der Waals surface area contributed by atoms with Crippen LogP contribution in [0.5, 0.6) is 34.5 Å². The highest BCUT2D eigenvalue weighted by atomic mass is 16.7. The van der Waals surface area contributed by atoms with Crippen molar-refractivity contribution in [1.82, 2.24) is 0 Å². The molecule has 2 N–H and O–H groups in total. The molecule has 30 heavy (non-hydrogen) atoms. The highest BCUT2D eigenvalue weighted by Gasteiger charge is 2.37. The number of rotatable bonds is 6. The third-order valence-electron chi connectivity index (χ3n) is 5.03. The van der Waals surface area contributed by atoms with Crippen LogP contribution >= 0.6 is 0 Å². The zero-order chi connectivity index (χ0) is 21.4. The molecule has 2 aliphatic heterocycles. The van der Waals surface area contributed by atoms with Gasteiger partial charge in [0.1, 0.15) is 18.1 Å². The van der Waals surface area contributed by atoms with Crippen LogP contribution in [-0.2, 0) is 4.79 Å². The molecule has 0 aromatic heterocycles. The van der Waals surface area contributed by atoms with Gasteiger partial charge in [-0.05, 0) is 23.8 Å². The topological polar surface area (TPSA) is 113 Å². The van der Waals surface area contributed by atoms with Gasteiger partial charge >= 0.3 is 5.97 Å². The molecule has 0 bridgehead atoms. The first-order valence-electron chi connectivity index (χ1n) is 9.00. The predicted octanol–water partition coefficient (Wildman–Crippen LogP) is 2.30. The second-order valence-corrected chi connectivity index (χ2v) is 6.54. The van der Waals surface area contributed by atoms with E-state index in [2.05, 4.69) is 0 Å². The highest BCUT2D eigenvalue weighted by molar-refractivity contribution is 5.91. The lowest BCUT2D eigenvalue weighted by molar-refractivity contribution is -0.133. The summed E-state index contributed by atoms with van der Waals surface area (Å²) in [5, 5.41) is 19.8. The third-order valence-corrected chi connectivity index (χ3v) is 5.03. The largest absolute Gasteiger partial charge is 0.493 e. The van der Waals surface area contributed by atoms with E-state index in [-0.39, 0.29) is 18.1 Å². The van der Waals surface area contributed by atoms with E-state index >= 15 is 0 Å². The zero-order valence-electron chi connectivity index (χ0n) is 16.6. The summed E-state index contributed by atoms with van der Waals surface area (Å²) < 4.78 is 32.8. The molecular formula is C21H20O9. The van der Waals surface area contributed by atoms with Crippen LogP contribution in [0.25, 0.3) is 0 Å². The molecule has 0 radical (unpaired) electrons. The quantitative estimate of drug-likeness (QED) is 0.732. The minimum atomic E-state index is -1.22. The van der Waals surface area contributed by atoms with Crippen LogP contribution in [0.4, 0.5) is 0 Å². The molecule has 0 unspecified atom stereocenters. The van der Waals surface area contributed by atoms with E-state index in [1.807, 2.05) is 0 Å². The summed E-state index contributed by atoms with van der Waals surface area (Å²) in [6.07, 6.45) is 0. The number of carbonyl (C=O) groups is 1. The van der Waals surface area contributed by atoms with Crippen molar-refractivity contribution < 1.29 is 43.4 Å². The van der Waals surface area contributed by atoms with Crippen molar-refractivity contribution in [2.75, 3.05) is 34.7 Å².